The van der Waals surface area contributed by atoms with Crippen LogP contribution in [0.25, 0.3) is 11.3 Å². The number of nitrogens with zero attached hydrogens (tertiary/aromatic N) is 2. The first-order chi connectivity index (χ1) is 16.9. The summed E-state index contributed by atoms with van der Waals surface area (Å²) in [5.74, 6) is 1.52. The quantitative estimate of drug-likeness (QED) is 0.333. The molecule has 1 aliphatic heterocycles. The van der Waals surface area contributed by atoms with Gasteiger partial charge in [-0.15, -0.1) is 0 Å². The lowest BCUT2D eigenvalue weighted by Gasteiger charge is -2.33. The molecule has 1 atom stereocenters. The first-order valence-corrected chi connectivity index (χ1v) is 12.8. The van der Waals surface area contributed by atoms with Crippen LogP contribution in [0.2, 0.25) is 5.02 Å². The van der Waals surface area contributed by atoms with Crippen LogP contribution in [0.3, 0.4) is 0 Å². The van der Waals surface area contributed by atoms with E-state index in [0.29, 0.717) is 43.4 Å². The summed E-state index contributed by atoms with van der Waals surface area (Å²) in [6, 6.07) is 8.36. The number of aliphatic hydroxyl groups is 1. The van der Waals surface area contributed by atoms with E-state index in [1.165, 1.54) is 0 Å². The van der Waals surface area contributed by atoms with E-state index in [-0.39, 0.29) is 5.54 Å². The summed E-state index contributed by atoms with van der Waals surface area (Å²) < 4.78 is 17.9. The number of aliphatic hydroxyl groups excluding tert-OH is 1. The number of rotatable bonds is 10. The van der Waals surface area contributed by atoms with Crippen molar-refractivity contribution >= 4 is 23.2 Å². The molecule has 1 saturated heterocycles. The number of halogens is 2. The van der Waals surface area contributed by atoms with Gasteiger partial charge in [0.1, 0.15) is 18.3 Å². The molecule has 0 radical (unpaired) electrons. The fraction of sp³-hybridized carbons (Fsp3) is 0.600. The molecule has 2 aliphatic rings. The Morgan fingerprint density at radius 3 is 2.66 bits per heavy atom. The van der Waals surface area contributed by atoms with E-state index in [1.54, 1.807) is 6.20 Å². The molecular formula is C25H36ClFN6O2. The Morgan fingerprint density at radius 2 is 1.91 bits per heavy atom. The van der Waals surface area contributed by atoms with Gasteiger partial charge in [0.2, 0.25) is 0 Å². The van der Waals surface area contributed by atoms with Crippen LogP contribution in [0.15, 0.2) is 30.5 Å². The van der Waals surface area contributed by atoms with E-state index >= 15 is 0 Å². The average Bonchev–Trinajstić information content (AvgIpc) is 2.88. The van der Waals surface area contributed by atoms with Gasteiger partial charge in [-0.1, -0.05) is 17.7 Å². The minimum absolute atomic E-state index is 0.289. The monoisotopic (exact) mass is 506 g/mol. The molecule has 1 saturated carbocycles. The molecule has 2 aromatic heterocycles. The molecular weight excluding hydrogens is 471 g/mol. The summed E-state index contributed by atoms with van der Waals surface area (Å²) in [6.07, 6.45) is 6.22. The van der Waals surface area contributed by atoms with E-state index < -0.39 is 12.8 Å². The van der Waals surface area contributed by atoms with Crippen LogP contribution in [-0.4, -0.2) is 71.8 Å². The van der Waals surface area contributed by atoms with Crippen molar-refractivity contribution in [3.05, 3.63) is 35.5 Å². The van der Waals surface area contributed by atoms with Crippen LogP contribution in [-0.2, 0) is 4.74 Å². The summed E-state index contributed by atoms with van der Waals surface area (Å²) in [5.41, 5.74) is 7.79. The van der Waals surface area contributed by atoms with E-state index in [0.717, 1.165) is 61.4 Å². The Hall–Kier alpha value is -2.04. The zero-order valence-corrected chi connectivity index (χ0v) is 20.7. The molecule has 1 aliphatic carbocycles. The number of nitrogens with two attached hydrogens (primary N) is 1. The number of anilines is 2. The van der Waals surface area contributed by atoms with Crippen molar-refractivity contribution in [3.63, 3.8) is 0 Å². The fourth-order valence-electron chi connectivity index (χ4n) is 4.63. The standard InChI is InChI=1S/C25H36ClFN6O2/c26-21-15-30-24(32-18-6-4-17(5-7-18)29-14-19(34)13-27)12-20(21)22-2-1-3-23(33-22)31-16-25(28)8-10-35-11-9-25/h1-3,12,15,17-19,29,34H,4-11,13-14,16,28H2,(H,30,32)(H,31,33)/t17?,18?,19-/m0/s1. The topological polar surface area (TPSA) is 117 Å². The maximum absolute atomic E-state index is 12.4. The minimum atomic E-state index is -0.928. The Kier molecular flexibility index (Phi) is 9.13. The molecule has 2 fully saturated rings. The lowest BCUT2D eigenvalue weighted by Crippen LogP contribution is -2.50. The largest absolute Gasteiger partial charge is 0.389 e. The Balaban J connectivity index is 1.35. The van der Waals surface area contributed by atoms with Crippen LogP contribution in [0.4, 0.5) is 16.0 Å². The second-order valence-corrected chi connectivity index (χ2v) is 10.1. The molecule has 0 amide bonds. The van der Waals surface area contributed by atoms with Crippen molar-refractivity contribution in [2.75, 3.05) is 43.6 Å². The molecule has 35 heavy (non-hydrogen) atoms. The molecule has 2 aromatic rings. The number of nitrogens with one attached hydrogen (secondary N) is 3. The van der Waals surface area contributed by atoms with Gasteiger partial charge < -0.3 is 31.5 Å². The van der Waals surface area contributed by atoms with Gasteiger partial charge in [0.05, 0.1) is 16.8 Å². The third kappa shape index (κ3) is 7.47. The van der Waals surface area contributed by atoms with Gasteiger partial charge in [-0.2, -0.15) is 0 Å². The Morgan fingerprint density at radius 1 is 1.17 bits per heavy atom. The predicted octanol–water partition coefficient (Wildman–Crippen LogP) is 3.36. The smallest absolute Gasteiger partial charge is 0.126 e. The van der Waals surface area contributed by atoms with Crippen molar-refractivity contribution in [2.24, 2.45) is 5.73 Å². The third-order valence-electron chi connectivity index (χ3n) is 6.89. The van der Waals surface area contributed by atoms with Crippen LogP contribution < -0.4 is 21.7 Å². The molecule has 10 heteroatoms. The molecule has 0 spiro atoms. The highest BCUT2D eigenvalue weighted by atomic mass is 35.5. The normalized spacial score (nSPS) is 23.0. The molecule has 6 N–H and O–H groups in total. The fourth-order valence-corrected chi connectivity index (χ4v) is 4.83. The van der Waals surface area contributed by atoms with Crippen molar-refractivity contribution in [3.8, 4) is 11.3 Å². The highest BCUT2D eigenvalue weighted by molar-refractivity contribution is 6.33. The van der Waals surface area contributed by atoms with Gasteiger partial charge in [-0.05, 0) is 56.7 Å². The molecule has 8 nitrogen and oxygen atoms in total. The highest BCUT2D eigenvalue weighted by Crippen LogP contribution is 2.30. The van der Waals surface area contributed by atoms with E-state index in [9.17, 15) is 9.50 Å². The number of aromatic nitrogens is 2. The summed E-state index contributed by atoms with van der Waals surface area (Å²) in [6.45, 7) is 1.59. The number of ether oxygens (including phenoxy) is 1. The zero-order chi connectivity index (χ0) is 24.7. The van der Waals surface area contributed by atoms with Gasteiger partial charge in [0, 0.05) is 55.7 Å². The van der Waals surface area contributed by atoms with E-state index in [1.807, 2.05) is 24.3 Å². The first kappa shape index (κ1) is 26.0. The second-order valence-electron chi connectivity index (χ2n) is 9.70. The molecule has 4 rings (SSSR count). The van der Waals surface area contributed by atoms with Crippen molar-refractivity contribution in [1.82, 2.24) is 15.3 Å². The zero-order valence-electron chi connectivity index (χ0n) is 20.0. The van der Waals surface area contributed by atoms with Gasteiger partial charge in [0.25, 0.3) is 0 Å². The summed E-state index contributed by atoms with van der Waals surface area (Å²) in [7, 11) is 0. The maximum Gasteiger partial charge on any atom is 0.126 e. The Labute approximate surface area is 211 Å². The van der Waals surface area contributed by atoms with Gasteiger partial charge in [-0.3, -0.25) is 0 Å². The SMILES string of the molecule is NC1(CNc2cccc(-c3cc(NC4CCC(NC[C@@H](O)CF)CC4)ncc3Cl)n2)CCOCC1. The maximum atomic E-state index is 12.4. The second kappa shape index (κ2) is 12.3. The van der Waals surface area contributed by atoms with Crippen molar-refractivity contribution in [1.29, 1.82) is 0 Å². The first-order valence-electron chi connectivity index (χ1n) is 12.4. The van der Waals surface area contributed by atoms with Crippen molar-refractivity contribution < 1.29 is 14.2 Å². The van der Waals surface area contributed by atoms with Crippen molar-refractivity contribution in [2.45, 2.75) is 62.3 Å². The number of alkyl halides is 1. The summed E-state index contributed by atoms with van der Waals surface area (Å²) >= 11 is 6.50. The lowest BCUT2D eigenvalue weighted by molar-refractivity contribution is 0.0574. The van der Waals surface area contributed by atoms with Crippen LogP contribution in [0.5, 0.6) is 0 Å². The third-order valence-corrected chi connectivity index (χ3v) is 7.19. The van der Waals surface area contributed by atoms with E-state index in [4.69, 9.17) is 27.1 Å². The van der Waals surface area contributed by atoms with E-state index in [2.05, 4.69) is 20.9 Å². The number of hydrogen-bond donors (Lipinski definition) is 5. The van der Waals surface area contributed by atoms with Crippen LogP contribution >= 0.6 is 11.6 Å². The number of pyridine rings is 2. The van der Waals surface area contributed by atoms with Gasteiger partial charge >= 0.3 is 0 Å². The molecule has 0 bridgehead atoms. The van der Waals surface area contributed by atoms with Gasteiger partial charge in [0.15, 0.2) is 0 Å². The molecule has 0 unspecified atom stereocenters. The van der Waals surface area contributed by atoms with Gasteiger partial charge in [-0.25, -0.2) is 14.4 Å². The molecule has 192 valence electrons. The Bertz CT molecular complexity index is 953. The lowest BCUT2D eigenvalue weighted by atomic mass is 9.91. The molecule has 3 heterocycles. The minimum Gasteiger partial charge on any atom is -0.389 e. The average molecular weight is 507 g/mol. The highest BCUT2D eigenvalue weighted by Gasteiger charge is 2.28. The molecule has 0 aromatic carbocycles. The van der Waals surface area contributed by atoms with Crippen LogP contribution in [0, 0.1) is 0 Å². The predicted molar refractivity (Wildman–Crippen MR) is 138 cm³/mol. The summed E-state index contributed by atoms with van der Waals surface area (Å²) in [5, 5.41) is 20.1. The summed E-state index contributed by atoms with van der Waals surface area (Å²) in [4.78, 5) is 9.24. The van der Waals surface area contributed by atoms with Crippen LogP contribution in [0.1, 0.15) is 38.5 Å². The number of hydrogen-bond acceptors (Lipinski definition) is 8.